The van der Waals surface area contributed by atoms with Crippen molar-refractivity contribution in [3.8, 4) is 22.5 Å². The monoisotopic (exact) mass is 483 g/mol. The Balaban J connectivity index is 1.93. The van der Waals surface area contributed by atoms with Crippen LogP contribution in [0.1, 0.15) is 26.3 Å². The second-order valence-corrected chi connectivity index (χ2v) is 10.8. The Labute approximate surface area is 199 Å². The van der Waals surface area contributed by atoms with Crippen LogP contribution in [0.25, 0.3) is 22.5 Å². The molecule has 3 N–H and O–H groups in total. The van der Waals surface area contributed by atoms with Gasteiger partial charge in [-0.25, -0.2) is 33.1 Å². The number of anilines is 2. The van der Waals surface area contributed by atoms with E-state index in [1.807, 2.05) is 11.8 Å². The molecular weight excluding hydrogens is 454 g/mol. The fraction of sp³-hybridized carbons (Fsp3) is 0.391. The SMILES string of the molecule is Cc1c(-c2cnc(N)nc2)nc(N2CCOCC2)nc1-c1ccccc1S(=O)(=O)NC(C)(C)C. The van der Waals surface area contributed by atoms with E-state index in [9.17, 15) is 8.42 Å². The van der Waals surface area contributed by atoms with Gasteiger partial charge in [-0.2, -0.15) is 0 Å². The Morgan fingerprint density at radius 2 is 1.65 bits per heavy atom. The van der Waals surface area contributed by atoms with Crippen LogP contribution in [0.2, 0.25) is 0 Å². The fourth-order valence-corrected chi connectivity index (χ4v) is 5.40. The van der Waals surface area contributed by atoms with E-state index in [-0.39, 0.29) is 10.8 Å². The summed E-state index contributed by atoms with van der Waals surface area (Å²) in [6, 6.07) is 6.85. The smallest absolute Gasteiger partial charge is 0.241 e. The molecule has 0 unspecified atom stereocenters. The van der Waals surface area contributed by atoms with Crippen molar-refractivity contribution in [1.29, 1.82) is 0 Å². The average Bonchev–Trinajstić information content (AvgIpc) is 2.79. The van der Waals surface area contributed by atoms with Gasteiger partial charge in [-0.15, -0.1) is 0 Å². The number of nitrogen functional groups attached to an aromatic ring is 1. The molecule has 0 amide bonds. The van der Waals surface area contributed by atoms with E-state index in [4.69, 9.17) is 20.4 Å². The van der Waals surface area contributed by atoms with E-state index in [0.29, 0.717) is 60.3 Å². The quantitative estimate of drug-likeness (QED) is 0.560. The molecule has 1 aliphatic heterocycles. The summed E-state index contributed by atoms with van der Waals surface area (Å²) in [6.45, 7) is 9.67. The molecule has 3 aromatic rings. The van der Waals surface area contributed by atoms with Crippen LogP contribution in [0, 0.1) is 6.92 Å². The summed E-state index contributed by atoms with van der Waals surface area (Å²) in [5.74, 6) is 0.653. The number of nitrogens with zero attached hydrogens (tertiary/aromatic N) is 5. The fourth-order valence-electron chi connectivity index (χ4n) is 3.77. The number of nitrogens with two attached hydrogens (primary N) is 1. The normalized spacial score (nSPS) is 14.9. The lowest BCUT2D eigenvalue weighted by Gasteiger charge is -2.28. The van der Waals surface area contributed by atoms with Crippen molar-refractivity contribution in [1.82, 2.24) is 24.7 Å². The summed E-state index contributed by atoms with van der Waals surface area (Å²) in [4.78, 5) is 20.0. The van der Waals surface area contributed by atoms with E-state index in [1.54, 1.807) is 57.4 Å². The van der Waals surface area contributed by atoms with Crippen LogP contribution in [0.5, 0.6) is 0 Å². The second kappa shape index (κ2) is 9.24. The zero-order valence-electron chi connectivity index (χ0n) is 19.7. The predicted molar refractivity (Wildman–Crippen MR) is 131 cm³/mol. The summed E-state index contributed by atoms with van der Waals surface area (Å²) in [5, 5.41) is 0. The third-order valence-electron chi connectivity index (χ3n) is 5.25. The van der Waals surface area contributed by atoms with Gasteiger partial charge >= 0.3 is 0 Å². The molecule has 11 heteroatoms. The minimum Gasteiger partial charge on any atom is -0.378 e. The van der Waals surface area contributed by atoms with Crippen LogP contribution in [0.3, 0.4) is 0 Å². The molecule has 34 heavy (non-hydrogen) atoms. The number of rotatable bonds is 5. The van der Waals surface area contributed by atoms with Gasteiger partial charge in [-0.1, -0.05) is 18.2 Å². The number of hydrogen-bond acceptors (Lipinski definition) is 9. The summed E-state index contributed by atoms with van der Waals surface area (Å²) in [5.41, 5.74) is 8.05. The number of morpholine rings is 1. The van der Waals surface area contributed by atoms with Crippen molar-refractivity contribution in [3.63, 3.8) is 0 Å². The highest BCUT2D eigenvalue weighted by atomic mass is 32.2. The molecule has 1 aromatic carbocycles. The molecule has 0 bridgehead atoms. The van der Waals surface area contributed by atoms with Crippen LogP contribution in [0.4, 0.5) is 11.9 Å². The standard InChI is InChI=1S/C23H29N7O3S/c1-15-19(16-13-25-21(24)26-14-16)27-22(30-9-11-33-12-10-30)28-20(15)17-7-5-6-8-18(17)34(31,32)29-23(2,3)4/h5-8,13-14,29H,9-12H2,1-4H3,(H2,24,25,26). The van der Waals surface area contributed by atoms with Crippen LogP contribution in [-0.4, -0.2) is 60.2 Å². The lowest BCUT2D eigenvalue weighted by molar-refractivity contribution is 0.122. The molecule has 2 aromatic heterocycles. The molecule has 1 saturated heterocycles. The average molecular weight is 484 g/mol. The van der Waals surface area contributed by atoms with Crippen LogP contribution in [-0.2, 0) is 14.8 Å². The molecule has 0 radical (unpaired) electrons. The van der Waals surface area contributed by atoms with E-state index in [1.165, 1.54) is 0 Å². The Bertz CT molecular complexity index is 1280. The van der Waals surface area contributed by atoms with Crippen molar-refractivity contribution in [2.24, 2.45) is 0 Å². The first kappa shape index (κ1) is 24.0. The Morgan fingerprint density at radius 3 is 2.29 bits per heavy atom. The molecule has 0 saturated carbocycles. The highest BCUT2D eigenvalue weighted by Crippen LogP contribution is 2.34. The van der Waals surface area contributed by atoms with Gasteiger partial charge in [0.2, 0.25) is 21.9 Å². The molecule has 0 atom stereocenters. The van der Waals surface area contributed by atoms with Crippen LogP contribution < -0.4 is 15.4 Å². The zero-order chi connectivity index (χ0) is 24.5. The second-order valence-electron chi connectivity index (χ2n) is 9.13. The molecule has 4 rings (SSSR count). The minimum atomic E-state index is -3.82. The van der Waals surface area contributed by atoms with Gasteiger partial charge in [0.15, 0.2) is 0 Å². The first-order valence-electron chi connectivity index (χ1n) is 11.0. The maximum absolute atomic E-state index is 13.3. The van der Waals surface area contributed by atoms with Crippen molar-refractivity contribution in [3.05, 3.63) is 42.2 Å². The van der Waals surface area contributed by atoms with Crippen molar-refractivity contribution < 1.29 is 13.2 Å². The predicted octanol–water partition coefficient (Wildman–Crippen LogP) is 2.40. The van der Waals surface area contributed by atoms with Gasteiger partial charge in [0.05, 0.1) is 29.5 Å². The van der Waals surface area contributed by atoms with Crippen molar-refractivity contribution in [2.75, 3.05) is 36.9 Å². The van der Waals surface area contributed by atoms with Gasteiger partial charge in [0, 0.05) is 47.7 Å². The Hall–Kier alpha value is -3.15. The third kappa shape index (κ3) is 5.16. The minimum absolute atomic E-state index is 0.152. The first-order chi connectivity index (χ1) is 16.0. The van der Waals surface area contributed by atoms with Crippen LogP contribution >= 0.6 is 0 Å². The maximum Gasteiger partial charge on any atom is 0.241 e. The molecular formula is C23H29N7O3S. The third-order valence-corrected chi connectivity index (χ3v) is 7.06. The Kier molecular flexibility index (Phi) is 6.52. The highest BCUT2D eigenvalue weighted by molar-refractivity contribution is 7.89. The number of nitrogens with one attached hydrogen (secondary N) is 1. The molecule has 180 valence electrons. The topological polar surface area (TPSA) is 136 Å². The number of benzene rings is 1. The highest BCUT2D eigenvalue weighted by Gasteiger charge is 2.27. The van der Waals surface area contributed by atoms with Gasteiger partial charge < -0.3 is 15.4 Å². The summed E-state index contributed by atoms with van der Waals surface area (Å²) < 4.78 is 34.9. The van der Waals surface area contributed by atoms with E-state index >= 15 is 0 Å². The first-order valence-corrected chi connectivity index (χ1v) is 12.5. The summed E-state index contributed by atoms with van der Waals surface area (Å²) in [7, 11) is -3.82. The van der Waals surface area contributed by atoms with E-state index in [0.717, 1.165) is 0 Å². The van der Waals surface area contributed by atoms with Crippen molar-refractivity contribution >= 4 is 21.9 Å². The molecule has 0 spiro atoms. The lowest BCUT2D eigenvalue weighted by atomic mass is 10.0. The number of ether oxygens (including phenoxy) is 1. The zero-order valence-corrected chi connectivity index (χ0v) is 20.6. The number of sulfonamides is 1. The molecule has 0 aliphatic carbocycles. The molecule has 1 aliphatic rings. The van der Waals surface area contributed by atoms with Crippen LogP contribution in [0.15, 0.2) is 41.6 Å². The molecule has 10 nitrogen and oxygen atoms in total. The maximum atomic E-state index is 13.3. The van der Waals surface area contributed by atoms with Gasteiger partial charge in [0.25, 0.3) is 0 Å². The van der Waals surface area contributed by atoms with Gasteiger partial charge in [-0.3, -0.25) is 0 Å². The van der Waals surface area contributed by atoms with Crippen molar-refractivity contribution in [2.45, 2.75) is 38.1 Å². The number of aromatic nitrogens is 4. The molecule has 1 fully saturated rings. The lowest BCUT2D eigenvalue weighted by Crippen LogP contribution is -2.40. The number of hydrogen-bond donors (Lipinski definition) is 2. The summed E-state index contributed by atoms with van der Waals surface area (Å²) in [6.07, 6.45) is 3.21. The Morgan fingerprint density at radius 1 is 1.03 bits per heavy atom. The summed E-state index contributed by atoms with van der Waals surface area (Å²) >= 11 is 0. The van der Waals surface area contributed by atoms with Gasteiger partial charge in [0.1, 0.15) is 0 Å². The largest absolute Gasteiger partial charge is 0.378 e. The van der Waals surface area contributed by atoms with E-state index in [2.05, 4.69) is 14.7 Å². The van der Waals surface area contributed by atoms with E-state index < -0.39 is 15.6 Å². The van der Waals surface area contributed by atoms with Gasteiger partial charge in [-0.05, 0) is 33.8 Å². The molecule has 3 heterocycles.